The first kappa shape index (κ1) is 16.1. The molecule has 24 heavy (non-hydrogen) atoms. The molecule has 5 heteroatoms. The Labute approximate surface area is 140 Å². The summed E-state index contributed by atoms with van der Waals surface area (Å²) in [5.41, 5.74) is 3.18. The molecule has 0 radical (unpaired) electrons. The Morgan fingerprint density at radius 2 is 1.88 bits per heavy atom. The Morgan fingerprint density at radius 1 is 1.12 bits per heavy atom. The molecule has 0 saturated heterocycles. The zero-order chi connectivity index (χ0) is 17.3. The van der Waals surface area contributed by atoms with Crippen LogP contribution in [0.25, 0.3) is 0 Å². The van der Waals surface area contributed by atoms with E-state index in [2.05, 4.69) is 0 Å². The molecule has 1 N–H and O–H groups in total. The van der Waals surface area contributed by atoms with Crippen LogP contribution >= 0.6 is 0 Å². The zero-order valence-corrected chi connectivity index (χ0v) is 13.7. The van der Waals surface area contributed by atoms with Crippen molar-refractivity contribution in [1.82, 2.24) is 4.90 Å². The molecular formula is C19H19NO4. The molecule has 1 amide bonds. The van der Waals surface area contributed by atoms with Gasteiger partial charge >= 0.3 is 5.97 Å². The van der Waals surface area contributed by atoms with E-state index in [0.29, 0.717) is 18.8 Å². The smallest absolute Gasteiger partial charge is 0.335 e. The Balaban J connectivity index is 1.69. The van der Waals surface area contributed by atoms with Crippen LogP contribution in [0.2, 0.25) is 0 Å². The van der Waals surface area contributed by atoms with E-state index in [1.807, 2.05) is 31.2 Å². The lowest BCUT2D eigenvalue weighted by molar-refractivity contribution is -0.138. The quantitative estimate of drug-likeness (QED) is 0.938. The summed E-state index contributed by atoms with van der Waals surface area (Å²) in [6, 6.07) is 12.6. The molecule has 0 aliphatic carbocycles. The highest BCUT2D eigenvalue weighted by molar-refractivity contribution is 5.88. The highest BCUT2D eigenvalue weighted by Crippen LogP contribution is 2.25. The number of nitrogens with zero attached hydrogens (tertiary/aromatic N) is 1. The highest BCUT2D eigenvalue weighted by Gasteiger charge is 2.28. The van der Waals surface area contributed by atoms with Gasteiger partial charge in [0.05, 0.1) is 5.56 Å². The molecule has 124 valence electrons. The number of aryl methyl sites for hydroxylation is 1. The van der Waals surface area contributed by atoms with E-state index < -0.39 is 12.1 Å². The molecule has 1 unspecified atom stereocenters. The Kier molecular flexibility index (Phi) is 4.25. The number of rotatable bonds is 4. The molecule has 1 atom stereocenters. The van der Waals surface area contributed by atoms with Crippen LogP contribution in [-0.2, 0) is 17.9 Å². The lowest BCUT2D eigenvalue weighted by atomic mass is 10.1. The molecular weight excluding hydrogens is 306 g/mol. The second-order valence-corrected chi connectivity index (χ2v) is 6.06. The Morgan fingerprint density at radius 3 is 2.58 bits per heavy atom. The van der Waals surface area contributed by atoms with Gasteiger partial charge in [-0.2, -0.15) is 0 Å². The lowest BCUT2D eigenvalue weighted by Crippen LogP contribution is -2.37. The molecule has 0 fully saturated rings. The number of hydrogen-bond acceptors (Lipinski definition) is 3. The predicted octanol–water partition coefficient (Wildman–Crippen LogP) is 3.00. The number of ether oxygens (including phenoxy) is 1. The monoisotopic (exact) mass is 325 g/mol. The summed E-state index contributed by atoms with van der Waals surface area (Å²) in [5.74, 6) is -0.399. The minimum atomic E-state index is -0.960. The van der Waals surface area contributed by atoms with Crippen molar-refractivity contribution >= 4 is 11.9 Å². The number of aromatic carboxylic acids is 1. The third kappa shape index (κ3) is 3.25. The van der Waals surface area contributed by atoms with Crippen molar-refractivity contribution in [3.05, 3.63) is 64.7 Å². The second kappa shape index (κ2) is 6.35. The van der Waals surface area contributed by atoms with Gasteiger partial charge in [-0.25, -0.2) is 4.79 Å². The van der Waals surface area contributed by atoms with E-state index in [4.69, 9.17) is 9.84 Å². The number of benzene rings is 2. The number of fused-ring (bicyclic) bond motifs is 1. The lowest BCUT2D eigenvalue weighted by Gasteiger charge is -2.21. The normalized spacial score (nSPS) is 14.2. The van der Waals surface area contributed by atoms with Gasteiger partial charge in [0.2, 0.25) is 0 Å². The molecule has 0 aromatic heterocycles. The molecule has 0 bridgehead atoms. The van der Waals surface area contributed by atoms with Crippen LogP contribution in [0.3, 0.4) is 0 Å². The number of hydrogen-bond donors (Lipinski definition) is 1. The van der Waals surface area contributed by atoms with Crippen LogP contribution < -0.4 is 4.74 Å². The fourth-order valence-corrected chi connectivity index (χ4v) is 2.88. The van der Waals surface area contributed by atoms with Crippen molar-refractivity contribution in [3.8, 4) is 5.75 Å². The number of amides is 1. The average Bonchev–Trinajstić information content (AvgIpc) is 2.97. The van der Waals surface area contributed by atoms with E-state index in [0.717, 1.165) is 16.7 Å². The van der Waals surface area contributed by atoms with Gasteiger partial charge in [0.25, 0.3) is 5.91 Å². The van der Waals surface area contributed by atoms with Crippen molar-refractivity contribution in [3.63, 3.8) is 0 Å². The van der Waals surface area contributed by atoms with E-state index in [9.17, 15) is 9.59 Å². The first-order chi connectivity index (χ1) is 11.4. The maximum atomic E-state index is 12.6. The molecule has 5 nitrogen and oxygen atoms in total. The van der Waals surface area contributed by atoms with E-state index >= 15 is 0 Å². The summed E-state index contributed by atoms with van der Waals surface area (Å²) in [4.78, 5) is 25.4. The van der Waals surface area contributed by atoms with E-state index in [1.54, 1.807) is 30.0 Å². The number of carboxylic acid groups (broad SMARTS) is 1. The molecule has 1 heterocycles. The van der Waals surface area contributed by atoms with Gasteiger partial charge in [-0.1, -0.05) is 18.2 Å². The summed E-state index contributed by atoms with van der Waals surface area (Å²) < 4.78 is 5.74. The van der Waals surface area contributed by atoms with Crippen LogP contribution in [0.15, 0.2) is 42.5 Å². The topological polar surface area (TPSA) is 66.8 Å². The van der Waals surface area contributed by atoms with Crippen molar-refractivity contribution in [2.24, 2.45) is 0 Å². The van der Waals surface area contributed by atoms with Gasteiger partial charge < -0.3 is 14.7 Å². The molecule has 0 spiro atoms. The largest absolute Gasteiger partial charge is 0.481 e. The zero-order valence-electron chi connectivity index (χ0n) is 13.7. The summed E-state index contributed by atoms with van der Waals surface area (Å²) >= 11 is 0. The van der Waals surface area contributed by atoms with Gasteiger partial charge in [0.1, 0.15) is 5.75 Å². The van der Waals surface area contributed by atoms with Gasteiger partial charge in [-0.05, 0) is 54.8 Å². The minimum Gasteiger partial charge on any atom is -0.481 e. The second-order valence-electron chi connectivity index (χ2n) is 6.06. The van der Waals surface area contributed by atoms with Gasteiger partial charge in [-0.15, -0.1) is 0 Å². The maximum Gasteiger partial charge on any atom is 0.335 e. The van der Waals surface area contributed by atoms with Crippen molar-refractivity contribution < 1.29 is 19.4 Å². The molecule has 1 aliphatic rings. The van der Waals surface area contributed by atoms with Gasteiger partial charge in [0.15, 0.2) is 6.10 Å². The van der Waals surface area contributed by atoms with Crippen molar-refractivity contribution in [1.29, 1.82) is 0 Å². The number of carboxylic acids is 1. The third-order valence-corrected chi connectivity index (χ3v) is 4.14. The fourth-order valence-electron chi connectivity index (χ4n) is 2.88. The van der Waals surface area contributed by atoms with Gasteiger partial charge in [-0.3, -0.25) is 4.79 Å². The van der Waals surface area contributed by atoms with Crippen LogP contribution in [0, 0.1) is 6.92 Å². The summed E-state index contributed by atoms with van der Waals surface area (Å²) in [6.45, 7) is 4.60. The van der Waals surface area contributed by atoms with Gasteiger partial charge in [0, 0.05) is 13.1 Å². The minimum absolute atomic E-state index is 0.107. The molecule has 1 aliphatic heterocycles. The fraction of sp³-hybridized carbons (Fsp3) is 0.263. The highest BCUT2D eigenvalue weighted by atomic mass is 16.5. The number of carbonyl (C=O) groups excluding carboxylic acids is 1. The first-order valence-electron chi connectivity index (χ1n) is 7.81. The van der Waals surface area contributed by atoms with Crippen LogP contribution in [-0.4, -0.2) is 28.0 Å². The van der Waals surface area contributed by atoms with Crippen LogP contribution in [0.1, 0.15) is 34.0 Å². The Bertz CT molecular complexity index is 800. The van der Waals surface area contributed by atoms with Crippen molar-refractivity contribution in [2.45, 2.75) is 33.0 Å². The first-order valence-corrected chi connectivity index (χ1v) is 7.81. The predicted molar refractivity (Wildman–Crippen MR) is 88.9 cm³/mol. The van der Waals surface area contributed by atoms with E-state index in [-0.39, 0.29) is 11.5 Å². The SMILES string of the molecule is Cc1cccc(OC(C)C(=O)N2Cc3ccc(C(=O)O)cc3C2)c1. The maximum absolute atomic E-state index is 12.6. The Hall–Kier alpha value is -2.82. The summed E-state index contributed by atoms with van der Waals surface area (Å²) in [6.07, 6.45) is -0.597. The molecule has 2 aromatic carbocycles. The molecule has 2 aromatic rings. The van der Waals surface area contributed by atoms with Crippen molar-refractivity contribution in [2.75, 3.05) is 0 Å². The standard InChI is InChI=1S/C19H19NO4/c1-12-4-3-5-17(8-12)24-13(2)18(21)20-10-15-7-6-14(19(22)23)9-16(15)11-20/h3-9,13H,10-11H2,1-2H3,(H,22,23). The van der Waals surface area contributed by atoms with Crippen LogP contribution in [0.4, 0.5) is 0 Å². The molecule has 0 saturated carbocycles. The average molecular weight is 325 g/mol. The summed E-state index contributed by atoms with van der Waals surface area (Å²) in [5, 5.41) is 9.07. The van der Waals surface area contributed by atoms with E-state index in [1.165, 1.54) is 0 Å². The third-order valence-electron chi connectivity index (χ3n) is 4.14. The summed E-state index contributed by atoms with van der Waals surface area (Å²) in [7, 11) is 0. The van der Waals surface area contributed by atoms with Crippen LogP contribution in [0.5, 0.6) is 5.75 Å². The molecule has 3 rings (SSSR count). The number of carbonyl (C=O) groups is 2.